The summed E-state index contributed by atoms with van der Waals surface area (Å²) in [6.45, 7) is 1.09. The first-order valence-corrected chi connectivity index (χ1v) is 8.02. The van der Waals surface area contributed by atoms with Gasteiger partial charge in [-0.25, -0.2) is 4.79 Å². The molecule has 0 aromatic heterocycles. The van der Waals surface area contributed by atoms with Crippen LogP contribution in [0.2, 0.25) is 0 Å². The number of halogens is 3. The van der Waals surface area contributed by atoms with Crippen molar-refractivity contribution in [2.45, 2.75) is 31.5 Å². The summed E-state index contributed by atoms with van der Waals surface area (Å²) in [5, 5.41) is 11.9. The molecule has 2 N–H and O–H groups in total. The molecule has 1 saturated heterocycles. The Hall–Kier alpha value is -0.630. The molecule has 0 aromatic rings. The van der Waals surface area contributed by atoms with Gasteiger partial charge in [0.25, 0.3) is 0 Å². The molecule has 4 nitrogen and oxygen atoms in total. The zero-order valence-corrected chi connectivity index (χ0v) is 12.3. The molecule has 0 aromatic carbocycles. The molecule has 1 rings (SSSR count). The number of carbonyl (C=O) groups excluding carboxylic acids is 1. The van der Waals surface area contributed by atoms with Crippen LogP contribution in [0.5, 0.6) is 0 Å². The Morgan fingerprint density at radius 2 is 2.05 bits per heavy atom. The molecule has 1 atom stereocenters. The number of carbonyl (C=O) groups is 1. The number of hydrogen-bond donors (Lipinski definition) is 2. The van der Waals surface area contributed by atoms with E-state index in [0.29, 0.717) is 6.54 Å². The summed E-state index contributed by atoms with van der Waals surface area (Å²) >= 11 is 1.70. The number of aliphatic hydroxyl groups is 1. The monoisotopic (exact) mass is 314 g/mol. The molecule has 0 bridgehead atoms. The van der Waals surface area contributed by atoms with E-state index in [1.54, 1.807) is 11.8 Å². The van der Waals surface area contributed by atoms with Crippen molar-refractivity contribution in [1.29, 1.82) is 0 Å². The Balaban J connectivity index is 2.29. The van der Waals surface area contributed by atoms with Gasteiger partial charge in [-0.3, -0.25) is 0 Å². The van der Waals surface area contributed by atoms with E-state index in [4.69, 9.17) is 0 Å². The maximum atomic E-state index is 12.4. The molecule has 0 radical (unpaired) electrons. The topological polar surface area (TPSA) is 52.6 Å². The molecule has 8 heteroatoms. The quantitative estimate of drug-likeness (QED) is 0.764. The van der Waals surface area contributed by atoms with Gasteiger partial charge in [0.2, 0.25) is 0 Å². The summed E-state index contributed by atoms with van der Waals surface area (Å²) in [5.74, 6) is 0.149. The van der Waals surface area contributed by atoms with E-state index >= 15 is 0 Å². The third-order valence-corrected chi connectivity index (χ3v) is 4.11. The molecule has 20 heavy (non-hydrogen) atoms. The van der Waals surface area contributed by atoms with Crippen molar-refractivity contribution in [3.8, 4) is 0 Å². The van der Waals surface area contributed by atoms with Gasteiger partial charge in [-0.05, 0) is 37.2 Å². The van der Waals surface area contributed by atoms with Gasteiger partial charge >= 0.3 is 12.2 Å². The van der Waals surface area contributed by atoms with Gasteiger partial charge < -0.3 is 15.3 Å². The van der Waals surface area contributed by atoms with Gasteiger partial charge in [0.1, 0.15) is 0 Å². The van der Waals surface area contributed by atoms with Gasteiger partial charge in [0, 0.05) is 19.6 Å². The number of rotatable bonds is 5. The SMILES string of the molecule is CSCCCNC(=O)N1CCC(C(O)C(F)(F)F)CC1. The number of nitrogens with zero attached hydrogens (tertiary/aromatic N) is 1. The van der Waals surface area contributed by atoms with Crippen LogP contribution < -0.4 is 5.32 Å². The van der Waals surface area contributed by atoms with Crippen LogP contribution in [0.25, 0.3) is 0 Å². The highest BCUT2D eigenvalue weighted by atomic mass is 32.2. The summed E-state index contributed by atoms with van der Waals surface area (Å²) in [4.78, 5) is 13.3. The summed E-state index contributed by atoms with van der Waals surface area (Å²) in [7, 11) is 0. The molecule has 1 fully saturated rings. The maximum Gasteiger partial charge on any atom is 0.414 e. The summed E-state index contributed by atoms with van der Waals surface area (Å²) in [6.07, 6.45) is -3.64. The van der Waals surface area contributed by atoms with Crippen molar-refractivity contribution in [3.05, 3.63) is 0 Å². The third-order valence-electron chi connectivity index (χ3n) is 3.41. The number of piperidine rings is 1. The molecule has 1 aliphatic heterocycles. The normalized spacial score (nSPS) is 18.9. The van der Waals surface area contributed by atoms with Gasteiger partial charge in [-0.1, -0.05) is 0 Å². The lowest BCUT2D eigenvalue weighted by atomic mass is 9.91. The van der Waals surface area contributed by atoms with Crippen LogP contribution in [0.15, 0.2) is 0 Å². The second kappa shape index (κ2) is 7.97. The number of hydrogen-bond acceptors (Lipinski definition) is 3. The predicted molar refractivity (Wildman–Crippen MR) is 72.8 cm³/mol. The predicted octanol–water partition coefficient (Wildman–Crippen LogP) is 2.08. The van der Waals surface area contributed by atoms with Crippen LogP contribution in [0.3, 0.4) is 0 Å². The van der Waals surface area contributed by atoms with Crippen LogP contribution in [0.1, 0.15) is 19.3 Å². The number of urea groups is 1. The fourth-order valence-corrected chi connectivity index (χ4v) is 2.64. The number of amides is 2. The summed E-state index contributed by atoms with van der Waals surface area (Å²) in [6, 6.07) is -0.231. The molecular weight excluding hydrogens is 293 g/mol. The number of thioether (sulfide) groups is 1. The van der Waals surface area contributed by atoms with Crippen molar-refractivity contribution >= 4 is 17.8 Å². The zero-order valence-electron chi connectivity index (χ0n) is 11.4. The van der Waals surface area contributed by atoms with Gasteiger partial charge in [0.05, 0.1) is 0 Å². The molecule has 0 spiro atoms. The first kappa shape index (κ1) is 17.4. The number of alkyl halides is 3. The summed E-state index contributed by atoms with van der Waals surface area (Å²) < 4.78 is 37.2. The zero-order chi connectivity index (χ0) is 15.2. The Kier molecular flexibility index (Phi) is 6.94. The van der Waals surface area contributed by atoms with E-state index in [9.17, 15) is 23.1 Å². The average molecular weight is 314 g/mol. The van der Waals surface area contributed by atoms with Crippen LogP contribution in [0, 0.1) is 5.92 Å². The molecule has 0 aliphatic carbocycles. The minimum atomic E-state index is -4.58. The molecule has 1 unspecified atom stereocenters. The maximum absolute atomic E-state index is 12.4. The first-order valence-electron chi connectivity index (χ1n) is 6.62. The molecule has 1 heterocycles. The van der Waals surface area contributed by atoms with E-state index in [-0.39, 0.29) is 32.0 Å². The minimum Gasteiger partial charge on any atom is -0.383 e. The highest BCUT2D eigenvalue weighted by Gasteiger charge is 2.44. The average Bonchev–Trinajstić information content (AvgIpc) is 2.41. The standard InChI is InChI=1S/C12H21F3N2O2S/c1-20-8-2-5-16-11(19)17-6-3-9(4-7-17)10(18)12(13,14)15/h9-10,18H,2-8H2,1H3,(H,16,19). The minimum absolute atomic E-state index is 0.179. The number of likely N-dealkylation sites (tertiary alicyclic amines) is 1. The van der Waals surface area contributed by atoms with E-state index in [1.807, 2.05) is 6.26 Å². The second-order valence-electron chi connectivity index (χ2n) is 4.89. The fourth-order valence-electron chi connectivity index (χ4n) is 2.21. The number of nitrogens with one attached hydrogen (secondary N) is 1. The van der Waals surface area contributed by atoms with Crippen molar-refractivity contribution < 1.29 is 23.1 Å². The molecule has 2 amide bonds. The van der Waals surface area contributed by atoms with E-state index < -0.39 is 18.2 Å². The third kappa shape index (κ3) is 5.40. The largest absolute Gasteiger partial charge is 0.414 e. The van der Waals surface area contributed by atoms with Crippen LogP contribution in [-0.4, -0.2) is 60.0 Å². The van der Waals surface area contributed by atoms with Gasteiger partial charge in [0.15, 0.2) is 6.10 Å². The van der Waals surface area contributed by atoms with Crippen molar-refractivity contribution in [1.82, 2.24) is 10.2 Å². The van der Waals surface area contributed by atoms with Gasteiger partial charge in [-0.2, -0.15) is 24.9 Å². The first-order chi connectivity index (χ1) is 9.36. The number of aliphatic hydroxyl groups excluding tert-OH is 1. The molecular formula is C12H21F3N2O2S. The molecule has 118 valence electrons. The van der Waals surface area contributed by atoms with Gasteiger partial charge in [-0.15, -0.1) is 0 Å². The van der Waals surface area contributed by atoms with Crippen molar-refractivity contribution in [3.63, 3.8) is 0 Å². The van der Waals surface area contributed by atoms with Crippen LogP contribution >= 0.6 is 11.8 Å². The fraction of sp³-hybridized carbons (Fsp3) is 0.917. The summed E-state index contributed by atoms with van der Waals surface area (Å²) in [5.41, 5.74) is 0. The van der Waals surface area contributed by atoms with E-state index in [1.165, 1.54) is 4.90 Å². The Morgan fingerprint density at radius 3 is 2.55 bits per heavy atom. The van der Waals surface area contributed by atoms with Crippen LogP contribution in [-0.2, 0) is 0 Å². The Labute approximate surface area is 121 Å². The van der Waals surface area contributed by atoms with Crippen molar-refractivity contribution in [2.75, 3.05) is 31.6 Å². The Bertz CT molecular complexity index is 308. The highest BCUT2D eigenvalue weighted by Crippen LogP contribution is 2.31. The molecule has 1 aliphatic rings. The Morgan fingerprint density at radius 1 is 1.45 bits per heavy atom. The lowest BCUT2D eigenvalue weighted by molar-refractivity contribution is -0.222. The lowest BCUT2D eigenvalue weighted by Crippen LogP contribution is -2.48. The lowest BCUT2D eigenvalue weighted by Gasteiger charge is -2.34. The highest BCUT2D eigenvalue weighted by molar-refractivity contribution is 7.98. The van der Waals surface area contributed by atoms with Crippen molar-refractivity contribution in [2.24, 2.45) is 5.92 Å². The van der Waals surface area contributed by atoms with E-state index in [2.05, 4.69) is 5.32 Å². The van der Waals surface area contributed by atoms with E-state index in [0.717, 1.165) is 12.2 Å². The smallest absolute Gasteiger partial charge is 0.383 e. The molecule has 0 saturated carbocycles. The van der Waals surface area contributed by atoms with Crippen LogP contribution in [0.4, 0.5) is 18.0 Å². The second-order valence-corrected chi connectivity index (χ2v) is 5.87.